The summed E-state index contributed by atoms with van der Waals surface area (Å²) in [7, 11) is 2.90. The fourth-order valence-electron chi connectivity index (χ4n) is 2.75. The highest BCUT2D eigenvalue weighted by Crippen LogP contribution is 2.37. The fraction of sp³-hybridized carbons (Fsp3) is 0.111. The minimum absolute atomic E-state index is 0.00354. The molecule has 0 saturated carbocycles. The van der Waals surface area contributed by atoms with Gasteiger partial charge in [-0.1, -0.05) is 12.1 Å². The van der Waals surface area contributed by atoms with Crippen molar-refractivity contribution in [3.8, 4) is 17.2 Å². The van der Waals surface area contributed by atoms with Crippen LogP contribution in [0.4, 0.5) is 11.4 Å². The molecule has 0 unspecified atom stereocenters. The number of ether oxygens (including phenoxy) is 1. The number of likely N-dealkylation sites (N-methyl/N-ethyl adjacent to an activating group) is 1. The third-order valence-electron chi connectivity index (χ3n) is 4.22. The molecule has 0 radical (unpaired) electrons. The predicted octanol–water partition coefficient (Wildman–Crippen LogP) is 2.62. The number of phenolic OH excluding ortho intramolecular Hbond substituents is 2. The van der Waals surface area contributed by atoms with Crippen LogP contribution in [0.1, 0.15) is 5.56 Å². The Morgan fingerprint density at radius 3 is 2.61 bits per heavy atom. The van der Waals surface area contributed by atoms with E-state index in [1.165, 1.54) is 61.5 Å². The molecule has 9 nitrogen and oxygen atoms in total. The SMILES string of the molecule is COc1ccc(N2C(=O)/C(=C\c3cccc(O)c3O)N(C)C2=S)c([N+](=O)[O-])c1. The molecule has 0 bridgehead atoms. The smallest absolute Gasteiger partial charge is 0.297 e. The highest BCUT2D eigenvalue weighted by Gasteiger charge is 2.40. The van der Waals surface area contributed by atoms with Gasteiger partial charge < -0.3 is 19.8 Å². The van der Waals surface area contributed by atoms with Gasteiger partial charge in [0.15, 0.2) is 16.6 Å². The molecular weight excluding hydrogens is 386 g/mol. The highest BCUT2D eigenvalue weighted by molar-refractivity contribution is 7.80. The third kappa shape index (κ3) is 3.09. The van der Waals surface area contributed by atoms with Crippen LogP contribution < -0.4 is 9.64 Å². The Morgan fingerprint density at radius 2 is 1.96 bits per heavy atom. The number of thiocarbonyl (C=S) groups is 1. The van der Waals surface area contributed by atoms with E-state index < -0.39 is 16.6 Å². The zero-order valence-electron chi connectivity index (χ0n) is 14.8. The molecule has 1 aliphatic heterocycles. The molecule has 0 atom stereocenters. The lowest BCUT2D eigenvalue weighted by Gasteiger charge is -2.16. The molecule has 10 heteroatoms. The average molecular weight is 401 g/mol. The Bertz CT molecular complexity index is 1040. The Morgan fingerprint density at radius 1 is 1.25 bits per heavy atom. The topological polar surface area (TPSA) is 116 Å². The number of para-hydroxylation sites is 1. The second-order valence-electron chi connectivity index (χ2n) is 5.84. The van der Waals surface area contributed by atoms with Crippen LogP contribution in [0.3, 0.4) is 0 Å². The number of nitrogens with zero attached hydrogens (tertiary/aromatic N) is 3. The van der Waals surface area contributed by atoms with E-state index in [0.29, 0.717) is 0 Å². The number of carbonyl (C=O) groups is 1. The number of nitro benzene ring substituents is 1. The number of hydrogen-bond acceptors (Lipinski definition) is 7. The molecule has 144 valence electrons. The van der Waals surface area contributed by atoms with Crippen LogP contribution in [-0.2, 0) is 4.79 Å². The van der Waals surface area contributed by atoms with Gasteiger partial charge >= 0.3 is 0 Å². The maximum absolute atomic E-state index is 13.0. The highest BCUT2D eigenvalue weighted by atomic mass is 32.1. The van der Waals surface area contributed by atoms with Crippen LogP contribution in [0.5, 0.6) is 17.2 Å². The number of rotatable bonds is 4. The van der Waals surface area contributed by atoms with E-state index in [0.717, 1.165) is 4.90 Å². The summed E-state index contributed by atoms with van der Waals surface area (Å²) in [5, 5.41) is 31.1. The van der Waals surface area contributed by atoms with E-state index in [1.807, 2.05) is 0 Å². The summed E-state index contributed by atoms with van der Waals surface area (Å²) < 4.78 is 5.01. The normalized spacial score (nSPS) is 15.4. The number of nitro groups is 1. The zero-order chi connectivity index (χ0) is 20.6. The van der Waals surface area contributed by atoms with Crippen molar-refractivity contribution in [1.29, 1.82) is 0 Å². The van der Waals surface area contributed by atoms with Crippen LogP contribution in [0, 0.1) is 10.1 Å². The molecule has 0 aliphatic carbocycles. The van der Waals surface area contributed by atoms with Gasteiger partial charge in [-0.25, -0.2) is 4.90 Å². The molecule has 1 amide bonds. The van der Waals surface area contributed by atoms with Crippen molar-refractivity contribution in [3.63, 3.8) is 0 Å². The maximum Gasteiger partial charge on any atom is 0.297 e. The summed E-state index contributed by atoms with van der Waals surface area (Å²) in [5.74, 6) is -1.08. The summed E-state index contributed by atoms with van der Waals surface area (Å²) in [4.78, 5) is 26.2. The van der Waals surface area contributed by atoms with Crippen LogP contribution >= 0.6 is 12.2 Å². The van der Waals surface area contributed by atoms with Crippen molar-refractivity contribution in [2.45, 2.75) is 0 Å². The number of phenols is 2. The van der Waals surface area contributed by atoms with Gasteiger partial charge in [-0.2, -0.15) is 0 Å². The Balaban J connectivity index is 2.10. The summed E-state index contributed by atoms with van der Waals surface area (Å²) in [6.45, 7) is 0. The lowest BCUT2D eigenvalue weighted by atomic mass is 10.1. The summed E-state index contributed by atoms with van der Waals surface area (Å²) >= 11 is 5.31. The summed E-state index contributed by atoms with van der Waals surface area (Å²) in [5.41, 5.74) is -0.0684. The fourth-order valence-corrected chi connectivity index (χ4v) is 3.03. The number of methoxy groups -OCH3 is 1. The first-order valence-electron chi connectivity index (χ1n) is 7.93. The lowest BCUT2D eigenvalue weighted by molar-refractivity contribution is -0.384. The number of amides is 1. The summed E-state index contributed by atoms with van der Waals surface area (Å²) in [6.07, 6.45) is 1.35. The molecule has 1 saturated heterocycles. The Kier molecular flexibility index (Phi) is 4.89. The number of carbonyl (C=O) groups excluding carboxylic acids is 1. The Hall–Kier alpha value is -3.66. The van der Waals surface area contributed by atoms with Gasteiger partial charge in [0.25, 0.3) is 11.6 Å². The van der Waals surface area contributed by atoms with Crippen LogP contribution in [0.15, 0.2) is 42.1 Å². The number of anilines is 1. The molecule has 1 heterocycles. The van der Waals surface area contributed by atoms with Gasteiger partial charge in [-0.3, -0.25) is 14.9 Å². The van der Waals surface area contributed by atoms with Crippen LogP contribution in [0.2, 0.25) is 0 Å². The van der Waals surface area contributed by atoms with E-state index in [9.17, 15) is 25.1 Å². The second-order valence-corrected chi connectivity index (χ2v) is 6.20. The molecule has 1 fully saturated rings. The van der Waals surface area contributed by atoms with Crippen molar-refractivity contribution in [2.75, 3.05) is 19.1 Å². The van der Waals surface area contributed by atoms with Gasteiger partial charge in [-0.15, -0.1) is 0 Å². The molecule has 1 aliphatic rings. The monoisotopic (exact) mass is 401 g/mol. The van der Waals surface area contributed by atoms with Crippen molar-refractivity contribution < 1.29 is 24.7 Å². The predicted molar refractivity (Wildman–Crippen MR) is 105 cm³/mol. The first kappa shape index (κ1) is 19.1. The van der Waals surface area contributed by atoms with Gasteiger partial charge in [0, 0.05) is 12.6 Å². The van der Waals surface area contributed by atoms with E-state index in [4.69, 9.17) is 17.0 Å². The number of benzene rings is 2. The van der Waals surface area contributed by atoms with Crippen molar-refractivity contribution >= 4 is 40.7 Å². The van der Waals surface area contributed by atoms with E-state index in [1.54, 1.807) is 0 Å². The van der Waals surface area contributed by atoms with E-state index in [-0.39, 0.29) is 39.2 Å². The first-order chi connectivity index (χ1) is 13.3. The quantitative estimate of drug-likeness (QED) is 0.264. The largest absolute Gasteiger partial charge is 0.504 e. The van der Waals surface area contributed by atoms with Crippen molar-refractivity contribution in [2.24, 2.45) is 0 Å². The summed E-state index contributed by atoms with van der Waals surface area (Å²) in [6, 6.07) is 8.38. The first-order valence-corrected chi connectivity index (χ1v) is 8.34. The molecule has 0 spiro atoms. The molecule has 3 rings (SSSR count). The molecule has 0 aromatic heterocycles. The van der Waals surface area contributed by atoms with E-state index >= 15 is 0 Å². The van der Waals surface area contributed by atoms with Gasteiger partial charge in [-0.05, 0) is 36.5 Å². The molecule has 2 aromatic carbocycles. The van der Waals surface area contributed by atoms with Gasteiger partial charge in [0.05, 0.1) is 18.1 Å². The van der Waals surface area contributed by atoms with Crippen molar-refractivity contribution in [1.82, 2.24) is 4.90 Å². The number of aromatic hydroxyl groups is 2. The van der Waals surface area contributed by atoms with Crippen LogP contribution in [-0.4, -0.2) is 45.2 Å². The third-order valence-corrected chi connectivity index (χ3v) is 4.68. The maximum atomic E-state index is 13.0. The zero-order valence-corrected chi connectivity index (χ0v) is 15.6. The second kappa shape index (κ2) is 7.16. The van der Waals surface area contributed by atoms with Gasteiger partial charge in [0.1, 0.15) is 17.1 Å². The Labute approximate surface area is 164 Å². The average Bonchev–Trinajstić information content (AvgIpc) is 2.88. The lowest BCUT2D eigenvalue weighted by Crippen LogP contribution is -2.31. The standard InChI is InChI=1S/C18H15N3O6S/c1-19-14(8-10-4-3-5-15(22)16(10)23)17(24)20(18(19)28)12-7-6-11(27-2)9-13(12)21(25)26/h3-9,22-23H,1-2H3/b14-8+. The number of hydrogen-bond donors (Lipinski definition) is 2. The van der Waals surface area contributed by atoms with Gasteiger partial charge in [0.2, 0.25) is 0 Å². The van der Waals surface area contributed by atoms with Crippen LogP contribution in [0.25, 0.3) is 6.08 Å². The minimum Gasteiger partial charge on any atom is -0.504 e. The molecule has 28 heavy (non-hydrogen) atoms. The molecule has 2 N–H and O–H groups in total. The molecular formula is C18H15N3O6S. The van der Waals surface area contributed by atoms with E-state index in [2.05, 4.69) is 0 Å². The minimum atomic E-state index is -0.628. The molecule has 2 aromatic rings. The van der Waals surface area contributed by atoms with Crippen molar-refractivity contribution in [3.05, 3.63) is 57.8 Å².